The molecule has 4 heterocycles. The smallest absolute Gasteiger partial charge is 0.254 e. The summed E-state index contributed by atoms with van der Waals surface area (Å²) < 4.78 is 68.6. The molecule has 9 nitrogen and oxygen atoms in total. The fourth-order valence-electron chi connectivity index (χ4n) is 5.84. The monoisotopic (exact) mass is 672 g/mol. The Balaban J connectivity index is 1.25. The standard InChI is InChI=1S/C32H28ClF3N4O5S/c1-42-29-27(40-15-23(37-38-40)18-12-21(34)26(36)22(35)13-18)28-24(16-43-31(45-28)17-6-3-2-4-7-17)44-32(29)46-25-14-19(33)8-9-20(25)30(41)39-10-5-11-39/h2-4,6-9,12-15,24,27-29,31-32H,5,10-11,16H2,1H3/t24?,27?,28-,29?,31?,32+/m0/s1. The molecule has 3 aliphatic rings. The second-order valence-corrected chi connectivity index (χ2v) is 12.7. The first-order valence-corrected chi connectivity index (χ1v) is 15.9. The van der Waals surface area contributed by atoms with Crippen molar-refractivity contribution in [1.82, 2.24) is 19.9 Å². The van der Waals surface area contributed by atoms with Gasteiger partial charge in [0, 0.05) is 41.2 Å². The molecule has 3 fully saturated rings. The number of fused-ring (bicyclic) bond motifs is 1. The van der Waals surface area contributed by atoms with Gasteiger partial charge in [0.1, 0.15) is 35.5 Å². The highest BCUT2D eigenvalue weighted by Crippen LogP contribution is 2.45. The third kappa shape index (κ3) is 5.91. The predicted molar refractivity (Wildman–Crippen MR) is 162 cm³/mol. The van der Waals surface area contributed by atoms with Gasteiger partial charge in [0.2, 0.25) is 0 Å². The zero-order valence-corrected chi connectivity index (χ0v) is 26.0. The van der Waals surface area contributed by atoms with Gasteiger partial charge in [-0.25, -0.2) is 17.9 Å². The lowest BCUT2D eigenvalue weighted by Crippen LogP contribution is -2.59. The number of carbonyl (C=O) groups excluding carboxylic acids is 1. The van der Waals surface area contributed by atoms with Crippen LogP contribution < -0.4 is 0 Å². The zero-order valence-electron chi connectivity index (χ0n) is 24.4. The molecule has 0 bridgehead atoms. The summed E-state index contributed by atoms with van der Waals surface area (Å²) in [5.74, 6) is -4.35. The normalized spacial score (nSPS) is 26.0. The molecule has 0 spiro atoms. The Hall–Kier alpha value is -3.46. The quantitative estimate of drug-likeness (QED) is 0.220. The molecule has 1 aromatic heterocycles. The van der Waals surface area contributed by atoms with Gasteiger partial charge in [0.25, 0.3) is 5.91 Å². The molecule has 240 valence electrons. The van der Waals surface area contributed by atoms with E-state index >= 15 is 0 Å². The Morgan fingerprint density at radius 3 is 2.50 bits per heavy atom. The minimum Gasteiger partial charge on any atom is -0.375 e. The lowest BCUT2D eigenvalue weighted by molar-refractivity contribution is -0.308. The van der Waals surface area contributed by atoms with Crippen LogP contribution in [-0.4, -0.2) is 76.4 Å². The van der Waals surface area contributed by atoms with E-state index < -0.39 is 53.5 Å². The van der Waals surface area contributed by atoms with Crippen molar-refractivity contribution in [3.8, 4) is 11.3 Å². The molecule has 4 unspecified atom stereocenters. The molecule has 0 aliphatic carbocycles. The van der Waals surface area contributed by atoms with E-state index in [0.29, 0.717) is 28.6 Å². The van der Waals surface area contributed by atoms with E-state index in [1.807, 2.05) is 30.3 Å². The van der Waals surface area contributed by atoms with Gasteiger partial charge in [0.15, 0.2) is 23.7 Å². The number of aromatic nitrogens is 3. The van der Waals surface area contributed by atoms with Crippen molar-refractivity contribution in [2.45, 2.75) is 47.4 Å². The van der Waals surface area contributed by atoms with Gasteiger partial charge in [-0.15, -0.1) is 5.10 Å². The number of methoxy groups -OCH3 is 1. The van der Waals surface area contributed by atoms with E-state index in [4.69, 9.17) is 30.5 Å². The summed E-state index contributed by atoms with van der Waals surface area (Å²) >= 11 is 7.68. The number of amides is 1. The molecule has 46 heavy (non-hydrogen) atoms. The fourth-order valence-corrected chi connectivity index (χ4v) is 7.41. The fraction of sp³-hybridized carbons (Fsp3) is 0.344. The molecule has 4 aromatic rings. The van der Waals surface area contributed by atoms with Crippen LogP contribution in [0.1, 0.15) is 34.7 Å². The number of rotatable bonds is 7. The third-order valence-corrected chi connectivity index (χ3v) is 9.75. The molecular formula is C32H28ClF3N4O5S. The molecule has 7 rings (SSSR count). The van der Waals surface area contributed by atoms with Crippen LogP contribution in [0.15, 0.2) is 71.8 Å². The molecule has 0 radical (unpaired) electrons. The number of carbonyl (C=O) groups is 1. The Labute approximate surface area is 271 Å². The number of hydrogen-bond acceptors (Lipinski definition) is 8. The van der Waals surface area contributed by atoms with Crippen molar-refractivity contribution < 1.29 is 36.9 Å². The van der Waals surface area contributed by atoms with E-state index in [1.54, 1.807) is 23.1 Å². The number of thioether (sulfide) groups is 1. The van der Waals surface area contributed by atoms with Crippen molar-refractivity contribution in [2.75, 3.05) is 26.8 Å². The van der Waals surface area contributed by atoms with Crippen molar-refractivity contribution in [3.63, 3.8) is 0 Å². The molecule has 0 N–H and O–H groups in total. The first kappa shape index (κ1) is 31.2. The topological polar surface area (TPSA) is 87.9 Å². The van der Waals surface area contributed by atoms with Gasteiger partial charge < -0.3 is 23.8 Å². The summed E-state index contributed by atoms with van der Waals surface area (Å²) in [6.07, 6.45) is -0.267. The average Bonchev–Trinajstić information content (AvgIpc) is 3.52. The van der Waals surface area contributed by atoms with Crippen LogP contribution in [-0.2, 0) is 18.9 Å². The highest BCUT2D eigenvalue weighted by atomic mass is 35.5. The molecule has 3 saturated heterocycles. The van der Waals surface area contributed by atoms with Crippen LogP contribution >= 0.6 is 23.4 Å². The van der Waals surface area contributed by atoms with Gasteiger partial charge in [-0.3, -0.25) is 4.79 Å². The summed E-state index contributed by atoms with van der Waals surface area (Å²) in [6, 6.07) is 15.6. The van der Waals surface area contributed by atoms with Crippen molar-refractivity contribution in [3.05, 3.63) is 100 Å². The summed E-state index contributed by atoms with van der Waals surface area (Å²) in [5, 5.41) is 8.91. The molecule has 3 aliphatic heterocycles. The maximum Gasteiger partial charge on any atom is 0.254 e. The van der Waals surface area contributed by atoms with Crippen LogP contribution in [0, 0.1) is 17.5 Å². The van der Waals surface area contributed by atoms with Crippen molar-refractivity contribution >= 4 is 29.3 Å². The van der Waals surface area contributed by atoms with Crippen LogP contribution in [0.25, 0.3) is 11.3 Å². The maximum absolute atomic E-state index is 14.1. The molecule has 14 heteroatoms. The van der Waals surface area contributed by atoms with E-state index in [1.165, 1.54) is 29.8 Å². The second-order valence-electron chi connectivity index (χ2n) is 11.2. The average molecular weight is 673 g/mol. The first-order valence-electron chi connectivity index (χ1n) is 14.6. The summed E-state index contributed by atoms with van der Waals surface area (Å²) in [4.78, 5) is 15.7. The minimum absolute atomic E-state index is 0.00860. The Bertz CT molecular complexity index is 1720. The predicted octanol–water partition coefficient (Wildman–Crippen LogP) is 6.05. The Morgan fingerprint density at radius 1 is 1.04 bits per heavy atom. The van der Waals surface area contributed by atoms with E-state index in [9.17, 15) is 18.0 Å². The lowest BCUT2D eigenvalue weighted by atomic mass is 9.95. The Morgan fingerprint density at radius 2 is 1.80 bits per heavy atom. The summed E-state index contributed by atoms with van der Waals surface area (Å²) in [7, 11) is 1.52. The van der Waals surface area contributed by atoms with Crippen molar-refractivity contribution in [2.24, 2.45) is 0 Å². The van der Waals surface area contributed by atoms with Crippen LogP contribution in [0.3, 0.4) is 0 Å². The van der Waals surface area contributed by atoms with Gasteiger partial charge in [0.05, 0.1) is 18.4 Å². The van der Waals surface area contributed by atoms with Crippen LogP contribution in [0.5, 0.6) is 0 Å². The lowest BCUT2D eigenvalue weighted by Gasteiger charge is -2.48. The third-order valence-electron chi connectivity index (χ3n) is 8.31. The molecular weight excluding hydrogens is 645 g/mol. The van der Waals surface area contributed by atoms with Crippen LogP contribution in [0.2, 0.25) is 5.02 Å². The van der Waals surface area contributed by atoms with Gasteiger partial charge in [-0.2, -0.15) is 0 Å². The number of hydrogen-bond donors (Lipinski definition) is 0. The Kier molecular flexibility index (Phi) is 8.79. The van der Waals surface area contributed by atoms with Crippen molar-refractivity contribution in [1.29, 1.82) is 0 Å². The number of nitrogens with zero attached hydrogens (tertiary/aromatic N) is 4. The molecule has 1 amide bonds. The summed E-state index contributed by atoms with van der Waals surface area (Å²) in [5.41, 5.74) is 0.717. The second kappa shape index (κ2) is 13.0. The van der Waals surface area contributed by atoms with Gasteiger partial charge >= 0.3 is 0 Å². The van der Waals surface area contributed by atoms with E-state index in [0.717, 1.165) is 24.1 Å². The largest absolute Gasteiger partial charge is 0.375 e. The zero-order chi connectivity index (χ0) is 31.9. The minimum atomic E-state index is -1.57. The number of halogens is 4. The van der Waals surface area contributed by atoms with E-state index in [-0.39, 0.29) is 23.8 Å². The van der Waals surface area contributed by atoms with Gasteiger partial charge in [-0.1, -0.05) is 58.9 Å². The molecule has 0 saturated carbocycles. The number of ether oxygens (including phenoxy) is 4. The molecule has 6 atom stereocenters. The van der Waals surface area contributed by atoms with Gasteiger partial charge in [-0.05, 0) is 36.8 Å². The maximum atomic E-state index is 14.1. The highest BCUT2D eigenvalue weighted by Gasteiger charge is 2.52. The number of benzene rings is 3. The number of likely N-dealkylation sites (tertiary alicyclic amines) is 1. The highest BCUT2D eigenvalue weighted by molar-refractivity contribution is 8.00. The SMILES string of the molecule is COC1C(n2cc(-c3cc(F)c(F)c(F)c3)nn2)[C@H]2OC(c3ccccc3)OCC2O[C@@H]1Sc1cc(Cl)ccc1C(=O)N1CCC1. The molecule has 3 aromatic carbocycles. The van der Waals surface area contributed by atoms with E-state index in [2.05, 4.69) is 10.3 Å². The van der Waals surface area contributed by atoms with Crippen LogP contribution in [0.4, 0.5) is 13.2 Å². The first-order chi connectivity index (χ1) is 22.3. The summed E-state index contributed by atoms with van der Waals surface area (Å²) in [6.45, 7) is 1.54.